The van der Waals surface area contributed by atoms with E-state index >= 15 is 0 Å². The minimum absolute atomic E-state index is 0.0580. The summed E-state index contributed by atoms with van der Waals surface area (Å²) in [4.78, 5) is 29.7. The fourth-order valence-corrected chi connectivity index (χ4v) is 4.67. The Morgan fingerprint density at radius 1 is 1.03 bits per heavy atom. The number of carbonyl (C=O) groups excluding carboxylic acids is 2. The standard InChI is InChI=1S/C28H28ClN5O2/c1-33(25(35)18-34-15-13-30-14-16-34)22-10-8-21(9-11-22)31-27(19-5-3-2-4-6-19)26-23-12-7-20(29)17-24(23)32-28(26)36/h2-12,17,30-31H,13-16,18H2,1H3,(H,32,36)/b27-26-. The van der Waals surface area contributed by atoms with Gasteiger partial charge in [-0.1, -0.05) is 48.0 Å². The predicted octanol–water partition coefficient (Wildman–Crippen LogP) is 4.14. The van der Waals surface area contributed by atoms with Gasteiger partial charge in [0.1, 0.15) is 0 Å². The van der Waals surface area contributed by atoms with Gasteiger partial charge in [-0.25, -0.2) is 0 Å². The average Bonchev–Trinajstić information content (AvgIpc) is 3.22. The van der Waals surface area contributed by atoms with Crippen LogP contribution in [0.1, 0.15) is 11.1 Å². The van der Waals surface area contributed by atoms with Crippen LogP contribution < -0.4 is 20.9 Å². The Labute approximate surface area is 215 Å². The van der Waals surface area contributed by atoms with E-state index in [9.17, 15) is 9.59 Å². The van der Waals surface area contributed by atoms with Crippen LogP contribution in [0.25, 0.3) is 11.3 Å². The van der Waals surface area contributed by atoms with Gasteiger partial charge in [-0.15, -0.1) is 0 Å². The Bertz CT molecular complexity index is 1300. The molecular formula is C28H28ClN5O2. The summed E-state index contributed by atoms with van der Waals surface area (Å²) < 4.78 is 0. The molecule has 8 heteroatoms. The van der Waals surface area contributed by atoms with Gasteiger partial charge in [-0.2, -0.15) is 0 Å². The van der Waals surface area contributed by atoms with Crippen LogP contribution in [0.15, 0.2) is 72.8 Å². The van der Waals surface area contributed by atoms with E-state index in [1.54, 1.807) is 24.1 Å². The SMILES string of the molecule is CN(C(=O)CN1CCNCC1)c1ccc(N/C(=C2\C(=O)Nc3cc(Cl)ccc32)c2ccccc2)cc1. The summed E-state index contributed by atoms with van der Waals surface area (Å²) in [5.41, 5.74) is 5.25. The van der Waals surface area contributed by atoms with Crippen LogP contribution in [-0.4, -0.2) is 56.5 Å². The molecule has 184 valence electrons. The lowest BCUT2D eigenvalue weighted by molar-refractivity contribution is -0.119. The third-order valence-corrected chi connectivity index (χ3v) is 6.74. The summed E-state index contributed by atoms with van der Waals surface area (Å²) in [6.45, 7) is 3.98. The van der Waals surface area contributed by atoms with Crippen molar-refractivity contribution in [3.05, 3.63) is 88.9 Å². The van der Waals surface area contributed by atoms with Crippen molar-refractivity contribution >= 4 is 51.7 Å². The molecule has 2 aliphatic rings. The van der Waals surface area contributed by atoms with Crippen molar-refractivity contribution in [3.63, 3.8) is 0 Å². The van der Waals surface area contributed by atoms with Crippen LogP contribution in [0.4, 0.5) is 17.1 Å². The molecule has 1 fully saturated rings. The van der Waals surface area contributed by atoms with Crippen molar-refractivity contribution in [3.8, 4) is 0 Å². The molecule has 0 aliphatic carbocycles. The number of hydrogen-bond acceptors (Lipinski definition) is 5. The molecule has 0 aromatic heterocycles. The number of nitrogens with zero attached hydrogens (tertiary/aromatic N) is 2. The summed E-state index contributed by atoms with van der Waals surface area (Å²) in [5, 5.41) is 10.2. The number of piperazine rings is 1. The second-order valence-corrected chi connectivity index (χ2v) is 9.35. The van der Waals surface area contributed by atoms with Crippen molar-refractivity contribution < 1.29 is 9.59 Å². The van der Waals surface area contributed by atoms with E-state index in [1.807, 2.05) is 60.7 Å². The summed E-state index contributed by atoms with van der Waals surface area (Å²) in [6.07, 6.45) is 0. The quantitative estimate of drug-likeness (QED) is 0.443. The smallest absolute Gasteiger partial charge is 0.258 e. The average molecular weight is 502 g/mol. The molecule has 0 saturated carbocycles. The molecule has 5 rings (SSSR count). The second kappa shape index (κ2) is 10.5. The van der Waals surface area contributed by atoms with E-state index in [-0.39, 0.29) is 11.8 Å². The minimum Gasteiger partial charge on any atom is -0.354 e. The van der Waals surface area contributed by atoms with E-state index in [1.165, 1.54) is 0 Å². The molecule has 2 heterocycles. The number of fused-ring (bicyclic) bond motifs is 1. The summed E-state index contributed by atoms with van der Waals surface area (Å²) in [5.74, 6) is -0.129. The normalized spacial score (nSPS) is 16.8. The molecule has 0 unspecified atom stereocenters. The Morgan fingerprint density at radius 2 is 1.75 bits per heavy atom. The van der Waals surface area contributed by atoms with Crippen molar-refractivity contribution in [2.45, 2.75) is 0 Å². The molecular weight excluding hydrogens is 474 g/mol. The van der Waals surface area contributed by atoms with Crippen LogP contribution in [0.5, 0.6) is 0 Å². The maximum atomic E-state index is 13.0. The molecule has 7 nitrogen and oxygen atoms in total. The summed E-state index contributed by atoms with van der Waals surface area (Å²) in [7, 11) is 1.80. The maximum absolute atomic E-state index is 13.0. The predicted molar refractivity (Wildman–Crippen MR) is 146 cm³/mol. The zero-order chi connectivity index (χ0) is 25.1. The number of nitrogens with one attached hydrogen (secondary N) is 3. The molecule has 0 spiro atoms. The molecule has 3 N–H and O–H groups in total. The lowest BCUT2D eigenvalue weighted by atomic mass is 10.00. The first-order valence-electron chi connectivity index (χ1n) is 12.0. The van der Waals surface area contributed by atoms with Gasteiger partial charge in [-0.3, -0.25) is 14.5 Å². The first-order valence-corrected chi connectivity index (χ1v) is 12.3. The number of carbonyl (C=O) groups is 2. The molecule has 3 aromatic carbocycles. The Kier molecular flexibility index (Phi) is 7.04. The molecule has 2 amide bonds. The number of likely N-dealkylation sites (N-methyl/N-ethyl adjacent to an activating group) is 1. The van der Waals surface area contributed by atoms with Gasteiger partial charge in [0.2, 0.25) is 5.91 Å². The topological polar surface area (TPSA) is 76.7 Å². The van der Waals surface area contributed by atoms with Crippen molar-refractivity contribution in [2.75, 3.05) is 55.3 Å². The summed E-state index contributed by atoms with van der Waals surface area (Å²) in [6, 6.07) is 22.8. The van der Waals surface area contributed by atoms with Crippen LogP contribution in [0.2, 0.25) is 5.02 Å². The number of benzene rings is 3. The number of hydrogen-bond donors (Lipinski definition) is 3. The Morgan fingerprint density at radius 3 is 2.47 bits per heavy atom. The number of halogens is 1. The van der Waals surface area contributed by atoms with Gasteiger partial charge in [0.05, 0.1) is 23.5 Å². The Hall–Kier alpha value is -3.65. The molecule has 0 bridgehead atoms. The van der Waals surface area contributed by atoms with Crippen LogP contribution in [-0.2, 0) is 9.59 Å². The van der Waals surface area contributed by atoms with E-state index in [0.29, 0.717) is 28.5 Å². The highest BCUT2D eigenvalue weighted by Crippen LogP contribution is 2.38. The first-order chi connectivity index (χ1) is 17.5. The molecule has 2 aliphatic heterocycles. The third kappa shape index (κ3) is 5.14. The van der Waals surface area contributed by atoms with Gasteiger partial charge in [0, 0.05) is 55.2 Å². The lowest BCUT2D eigenvalue weighted by Crippen LogP contribution is -2.47. The molecule has 1 saturated heterocycles. The zero-order valence-corrected chi connectivity index (χ0v) is 20.8. The lowest BCUT2D eigenvalue weighted by Gasteiger charge is -2.28. The molecule has 0 radical (unpaired) electrons. The van der Waals surface area contributed by atoms with Gasteiger partial charge in [0.15, 0.2) is 0 Å². The number of rotatable bonds is 6. The largest absolute Gasteiger partial charge is 0.354 e. The Balaban J connectivity index is 1.40. The van der Waals surface area contributed by atoms with Crippen molar-refractivity contribution in [1.82, 2.24) is 10.2 Å². The van der Waals surface area contributed by atoms with Crippen molar-refractivity contribution in [2.24, 2.45) is 0 Å². The van der Waals surface area contributed by atoms with Crippen LogP contribution in [0.3, 0.4) is 0 Å². The monoisotopic (exact) mass is 501 g/mol. The highest BCUT2D eigenvalue weighted by Gasteiger charge is 2.28. The molecule has 36 heavy (non-hydrogen) atoms. The van der Waals surface area contributed by atoms with Gasteiger partial charge >= 0.3 is 0 Å². The van der Waals surface area contributed by atoms with Crippen LogP contribution >= 0.6 is 11.6 Å². The van der Waals surface area contributed by atoms with E-state index in [4.69, 9.17) is 11.6 Å². The second-order valence-electron chi connectivity index (χ2n) is 8.91. The highest BCUT2D eigenvalue weighted by molar-refractivity contribution is 6.38. The first kappa shape index (κ1) is 24.1. The van der Waals surface area contributed by atoms with Gasteiger partial charge in [-0.05, 0) is 42.0 Å². The minimum atomic E-state index is -0.187. The van der Waals surface area contributed by atoms with Gasteiger partial charge in [0.25, 0.3) is 5.91 Å². The third-order valence-electron chi connectivity index (χ3n) is 6.51. The fraction of sp³-hybridized carbons (Fsp3) is 0.214. The zero-order valence-electron chi connectivity index (χ0n) is 20.1. The molecule has 0 atom stereocenters. The van der Waals surface area contributed by atoms with E-state index in [2.05, 4.69) is 20.9 Å². The summed E-state index contributed by atoms with van der Waals surface area (Å²) >= 11 is 6.15. The van der Waals surface area contributed by atoms with E-state index < -0.39 is 0 Å². The maximum Gasteiger partial charge on any atom is 0.258 e. The van der Waals surface area contributed by atoms with Gasteiger partial charge < -0.3 is 20.9 Å². The van der Waals surface area contributed by atoms with Crippen molar-refractivity contribution in [1.29, 1.82) is 0 Å². The fourth-order valence-electron chi connectivity index (χ4n) is 4.50. The number of anilines is 3. The van der Waals surface area contributed by atoms with Crippen LogP contribution in [0, 0.1) is 0 Å². The number of amides is 2. The highest BCUT2D eigenvalue weighted by atomic mass is 35.5. The molecule has 3 aromatic rings. The van der Waals surface area contributed by atoms with E-state index in [0.717, 1.165) is 48.7 Å².